The van der Waals surface area contributed by atoms with E-state index in [1.165, 1.54) is 4.90 Å². The summed E-state index contributed by atoms with van der Waals surface area (Å²) < 4.78 is 25.3. The molecule has 1 aromatic heterocycles. The number of pyridine rings is 1. The number of sulfonamides is 1. The molecule has 0 radical (unpaired) electrons. The van der Waals surface area contributed by atoms with Crippen LogP contribution in [0.4, 0.5) is 11.4 Å². The van der Waals surface area contributed by atoms with Crippen molar-refractivity contribution in [3.8, 4) is 0 Å². The van der Waals surface area contributed by atoms with Crippen LogP contribution in [0.2, 0.25) is 5.02 Å². The number of anilines is 2. The fourth-order valence-electron chi connectivity index (χ4n) is 3.65. The highest BCUT2D eigenvalue weighted by Gasteiger charge is 2.35. The van der Waals surface area contributed by atoms with Gasteiger partial charge in [0.1, 0.15) is 6.04 Å². The maximum atomic E-state index is 13.5. The minimum absolute atomic E-state index is 0.144. The van der Waals surface area contributed by atoms with E-state index in [1.807, 2.05) is 6.07 Å². The van der Waals surface area contributed by atoms with Gasteiger partial charge in [-0.15, -0.1) is 0 Å². The second kappa shape index (κ2) is 9.21. The SMILES string of the molecule is CS(=O)(=O)Nc1ccc(CN2C(=O)c3ccc(Cl)cc3NC(=O)[C@H]2Cc2ccccn2)cc1. The molecule has 8 nitrogen and oxygen atoms in total. The first-order valence-corrected chi connectivity index (χ1v) is 12.3. The Morgan fingerprint density at radius 1 is 1.09 bits per heavy atom. The standard InChI is InChI=1S/C23H21ClN4O4S/c1-33(31,32)27-17-8-5-15(6-9-17)14-28-21(13-18-4-2-3-11-25-18)22(29)26-20-12-16(24)7-10-19(20)23(28)30/h2-12,21,27H,13-14H2,1H3,(H,26,29)/t21-/m1/s1. The van der Waals surface area contributed by atoms with Gasteiger partial charge in [-0.1, -0.05) is 29.8 Å². The van der Waals surface area contributed by atoms with Gasteiger partial charge in [0.05, 0.1) is 17.5 Å². The molecule has 33 heavy (non-hydrogen) atoms. The van der Waals surface area contributed by atoms with Gasteiger partial charge in [0.15, 0.2) is 0 Å². The monoisotopic (exact) mass is 484 g/mol. The lowest BCUT2D eigenvalue weighted by molar-refractivity contribution is -0.120. The number of carbonyl (C=O) groups is 2. The highest BCUT2D eigenvalue weighted by atomic mass is 35.5. The molecule has 170 valence electrons. The van der Waals surface area contributed by atoms with E-state index in [4.69, 9.17) is 11.6 Å². The Kier molecular flexibility index (Phi) is 6.35. The normalized spacial score (nSPS) is 16.1. The smallest absolute Gasteiger partial charge is 0.256 e. The Morgan fingerprint density at radius 3 is 2.52 bits per heavy atom. The summed E-state index contributed by atoms with van der Waals surface area (Å²) in [4.78, 5) is 32.5. The molecule has 0 aliphatic carbocycles. The van der Waals surface area contributed by atoms with Crippen LogP contribution in [-0.4, -0.2) is 42.4 Å². The van der Waals surface area contributed by atoms with Crippen molar-refractivity contribution in [3.05, 3.63) is 88.7 Å². The summed E-state index contributed by atoms with van der Waals surface area (Å²) in [7, 11) is -3.40. The molecule has 2 N–H and O–H groups in total. The average Bonchev–Trinajstić information content (AvgIpc) is 2.84. The topological polar surface area (TPSA) is 108 Å². The van der Waals surface area contributed by atoms with E-state index in [0.717, 1.165) is 11.8 Å². The predicted molar refractivity (Wildman–Crippen MR) is 127 cm³/mol. The molecular formula is C23H21ClN4O4S. The Balaban J connectivity index is 1.69. The zero-order valence-electron chi connectivity index (χ0n) is 17.7. The molecule has 2 amide bonds. The van der Waals surface area contributed by atoms with Crippen molar-refractivity contribution < 1.29 is 18.0 Å². The Morgan fingerprint density at radius 2 is 1.85 bits per heavy atom. The Hall–Kier alpha value is -3.43. The molecule has 1 aliphatic rings. The first kappa shape index (κ1) is 22.8. The van der Waals surface area contributed by atoms with E-state index >= 15 is 0 Å². The molecule has 0 fully saturated rings. The molecule has 0 spiro atoms. The van der Waals surface area contributed by atoms with Crippen LogP contribution in [0.25, 0.3) is 0 Å². The molecule has 4 rings (SSSR count). The van der Waals surface area contributed by atoms with Crippen molar-refractivity contribution in [2.24, 2.45) is 0 Å². The van der Waals surface area contributed by atoms with Gasteiger partial charge in [0.25, 0.3) is 5.91 Å². The molecule has 1 aliphatic heterocycles. The van der Waals surface area contributed by atoms with Crippen LogP contribution in [0.15, 0.2) is 66.9 Å². The van der Waals surface area contributed by atoms with Gasteiger partial charge < -0.3 is 10.2 Å². The largest absolute Gasteiger partial charge is 0.323 e. The van der Waals surface area contributed by atoms with E-state index in [-0.39, 0.29) is 24.8 Å². The van der Waals surface area contributed by atoms with Crippen LogP contribution >= 0.6 is 11.6 Å². The Labute approximate surface area is 196 Å². The van der Waals surface area contributed by atoms with E-state index < -0.39 is 16.1 Å². The van der Waals surface area contributed by atoms with E-state index in [2.05, 4.69) is 15.0 Å². The van der Waals surface area contributed by atoms with Crippen molar-refractivity contribution >= 4 is 44.8 Å². The van der Waals surface area contributed by atoms with Gasteiger partial charge in [-0.25, -0.2) is 8.42 Å². The van der Waals surface area contributed by atoms with Crippen molar-refractivity contribution in [2.45, 2.75) is 19.0 Å². The summed E-state index contributed by atoms with van der Waals surface area (Å²) in [6, 6.07) is 16.0. The van der Waals surface area contributed by atoms with Gasteiger partial charge in [-0.05, 0) is 48.0 Å². The highest BCUT2D eigenvalue weighted by molar-refractivity contribution is 7.92. The van der Waals surface area contributed by atoms with Crippen molar-refractivity contribution in [3.63, 3.8) is 0 Å². The molecule has 1 atom stereocenters. The lowest BCUT2D eigenvalue weighted by Crippen LogP contribution is -2.46. The van der Waals surface area contributed by atoms with Gasteiger partial charge in [0.2, 0.25) is 15.9 Å². The predicted octanol–water partition coefficient (Wildman–Crippen LogP) is 3.31. The number of hydrogen-bond donors (Lipinski definition) is 2. The molecule has 10 heteroatoms. The second-order valence-electron chi connectivity index (χ2n) is 7.72. The number of fused-ring (bicyclic) bond motifs is 1. The molecule has 0 unspecified atom stereocenters. The number of aromatic nitrogens is 1. The van der Waals surface area contributed by atoms with Crippen LogP contribution in [0, 0.1) is 0 Å². The number of hydrogen-bond acceptors (Lipinski definition) is 5. The van der Waals surface area contributed by atoms with E-state index in [1.54, 1.807) is 60.8 Å². The van der Waals surface area contributed by atoms with Gasteiger partial charge in [-0.2, -0.15) is 0 Å². The fourth-order valence-corrected chi connectivity index (χ4v) is 4.39. The summed E-state index contributed by atoms with van der Waals surface area (Å²) >= 11 is 6.08. The minimum atomic E-state index is -3.40. The maximum Gasteiger partial charge on any atom is 0.256 e. The molecule has 2 heterocycles. The third-order valence-corrected chi connectivity index (χ3v) is 5.99. The maximum absolute atomic E-state index is 13.5. The summed E-state index contributed by atoms with van der Waals surface area (Å²) in [5, 5.41) is 3.23. The number of benzene rings is 2. The van der Waals surface area contributed by atoms with Crippen LogP contribution in [-0.2, 0) is 27.8 Å². The molecule has 2 aromatic carbocycles. The van der Waals surface area contributed by atoms with E-state index in [9.17, 15) is 18.0 Å². The fraction of sp³-hybridized carbons (Fsp3) is 0.174. The molecule has 0 saturated heterocycles. The first-order chi connectivity index (χ1) is 15.7. The molecule has 3 aromatic rings. The van der Waals surface area contributed by atoms with Crippen molar-refractivity contribution in [2.75, 3.05) is 16.3 Å². The third kappa shape index (κ3) is 5.50. The molecular weight excluding hydrogens is 464 g/mol. The number of nitrogens with zero attached hydrogens (tertiary/aromatic N) is 2. The van der Waals surface area contributed by atoms with Crippen molar-refractivity contribution in [1.82, 2.24) is 9.88 Å². The van der Waals surface area contributed by atoms with Crippen LogP contribution in [0.3, 0.4) is 0 Å². The zero-order valence-corrected chi connectivity index (χ0v) is 19.2. The summed E-state index contributed by atoms with van der Waals surface area (Å²) in [6.45, 7) is 0.144. The van der Waals surface area contributed by atoms with Crippen molar-refractivity contribution in [1.29, 1.82) is 0 Å². The Bertz CT molecular complexity index is 1300. The number of rotatable bonds is 6. The summed E-state index contributed by atoms with van der Waals surface area (Å²) in [5.41, 5.74) is 2.52. The first-order valence-electron chi connectivity index (χ1n) is 10.1. The minimum Gasteiger partial charge on any atom is -0.323 e. The second-order valence-corrected chi connectivity index (χ2v) is 9.91. The average molecular weight is 485 g/mol. The van der Waals surface area contributed by atoms with Gasteiger partial charge in [-0.3, -0.25) is 19.3 Å². The van der Waals surface area contributed by atoms with Gasteiger partial charge in [0, 0.05) is 35.6 Å². The summed E-state index contributed by atoms with van der Waals surface area (Å²) in [6.07, 6.45) is 2.94. The highest BCUT2D eigenvalue weighted by Crippen LogP contribution is 2.28. The van der Waals surface area contributed by atoms with Crippen LogP contribution in [0.1, 0.15) is 21.6 Å². The third-order valence-electron chi connectivity index (χ3n) is 5.15. The van der Waals surface area contributed by atoms with Gasteiger partial charge >= 0.3 is 0 Å². The van der Waals surface area contributed by atoms with Crippen LogP contribution < -0.4 is 10.0 Å². The van der Waals surface area contributed by atoms with E-state index in [0.29, 0.717) is 27.7 Å². The summed E-state index contributed by atoms with van der Waals surface area (Å²) in [5.74, 6) is -0.662. The lowest BCUT2D eigenvalue weighted by Gasteiger charge is -2.28. The van der Waals surface area contributed by atoms with Crippen LogP contribution in [0.5, 0.6) is 0 Å². The number of carbonyl (C=O) groups excluding carboxylic acids is 2. The number of nitrogens with one attached hydrogen (secondary N) is 2. The zero-order chi connectivity index (χ0) is 23.6. The molecule has 0 saturated carbocycles. The number of amides is 2. The number of halogens is 1. The lowest BCUT2D eigenvalue weighted by atomic mass is 10.1. The quantitative estimate of drug-likeness (QED) is 0.558. The molecule has 0 bridgehead atoms.